The molecular weight excluding hydrogens is 371 g/mol. The summed E-state index contributed by atoms with van der Waals surface area (Å²) in [4.78, 5) is 0. The van der Waals surface area contributed by atoms with Gasteiger partial charge >= 0.3 is 139 Å². The Bertz CT molecular complexity index is 69.6. The molecule has 0 aromatic carbocycles. The summed E-state index contributed by atoms with van der Waals surface area (Å²) in [6, 6.07) is 0. The molecule has 0 aromatic rings. The SMILES string of the molecule is [F][Hf-2]([F])([F])([F])([F])[F].[K+].[K+]. The van der Waals surface area contributed by atoms with Gasteiger partial charge in [-0.3, -0.25) is 0 Å². The van der Waals surface area contributed by atoms with Crippen molar-refractivity contribution in [2.24, 2.45) is 0 Å². The van der Waals surface area contributed by atoms with Crippen LogP contribution in [0.1, 0.15) is 0 Å². The van der Waals surface area contributed by atoms with Crippen molar-refractivity contribution in [3.8, 4) is 0 Å². The van der Waals surface area contributed by atoms with Crippen molar-refractivity contribution in [2.45, 2.75) is 0 Å². The summed E-state index contributed by atoms with van der Waals surface area (Å²) in [5.74, 6) is 0. The molecule has 0 nitrogen and oxygen atoms in total. The Morgan fingerprint density at radius 1 is 0.556 bits per heavy atom. The van der Waals surface area contributed by atoms with Crippen LogP contribution in [0.3, 0.4) is 0 Å². The minimum atomic E-state index is -11.4. The number of hydrogen-bond donors (Lipinski definition) is 0. The molecule has 0 bridgehead atoms. The largest absolute Gasteiger partial charge is 1.00 e. The van der Waals surface area contributed by atoms with Gasteiger partial charge in [0.05, 0.1) is 0 Å². The van der Waals surface area contributed by atoms with E-state index in [2.05, 4.69) is 0 Å². The third-order valence-electron chi connectivity index (χ3n) is 0. The van der Waals surface area contributed by atoms with Crippen LogP contribution in [-0.4, -0.2) is 0 Å². The Kier molecular flexibility index (Phi) is 7.90. The maximum absolute atomic E-state index is 11.4. The van der Waals surface area contributed by atoms with E-state index in [0.717, 1.165) is 0 Å². The molecule has 0 rings (SSSR count). The number of halogens is 6. The normalized spacial score (nSPS) is 18.0. The zero-order chi connectivity index (χ0) is 6.41. The molecule has 0 saturated carbocycles. The van der Waals surface area contributed by atoms with Gasteiger partial charge in [0.1, 0.15) is 0 Å². The van der Waals surface area contributed by atoms with Crippen LogP contribution in [0.2, 0.25) is 0 Å². The predicted molar refractivity (Wildman–Crippen MR) is 6.65 cm³/mol. The van der Waals surface area contributed by atoms with E-state index >= 15 is 0 Å². The van der Waals surface area contributed by atoms with Crippen LogP contribution in [0, 0.1) is 0 Å². The summed E-state index contributed by atoms with van der Waals surface area (Å²) in [6.07, 6.45) is 0. The maximum Gasteiger partial charge on any atom is 1.00 e. The fourth-order valence-corrected chi connectivity index (χ4v) is 0. The van der Waals surface area contributed by atoms with Gasteiger partial charge in [-0.25, -0.2) is 0 Å². The van der Waals surface area contributed by atoms with Gasteiger partial charge in [-0.15, -0.1) is 0 Å². The molecule has 0 aromatic heterocycles. The van der Waals surface area contributed by atoms with E-state index in [1.807, 2.05) is 0 Å². The first kappa shape index (κ1) is 18.5. The van der Waals surface area contributed by atoms with Gasteiger partial charge < -0.3 is 0 Å². The molecule has 0 atom stereocenters. The standard InChI is InChI=1S/6FH.Hf.2K/h6*1H;;;/q;;;;;;+4;2*+1/p-6. The third-order valence-corrected chi connectivity index (χ3v) is 0. The van der Waals surface area contributed by atoms with Crippen LogP contribution >= 0.6 is 0 Å². The van der Waals surface area contributed by atoms with Gasteiger partial charge in [0.2, 0.25) is 0 Å². The summed E-state index contributed by atoms with van der Waals surface area (Å²) in [5, 5.41) is 0. The molecule has 0 saturated heterocycles. The molecule has 0 radical (unpaired) electrons. The Morgan fingerprint density at radius 3 is 0.556 bits per heavy atom. The van der Waals surface area contributed by atoms with Crippen LogP contribution in [0.4, 0.5) is 16.0 Å². The Balaban J connectivity index is -0.000000180. The van der Waals surface area contributed by atoms with Gasteiger partial charge in [0.15, 0.2) is 0 Å². The molecule has 0 aliphatic rings. The van der Waals surface area contributed by atoms with Crippen molar-refractivity contribution in [3.63, 3.8) is 0 Å². The zero-order valence-electron chi connectivity index (χ0n) is 4.77. The molecule has 0 N–H and O–H groups in total. The average molecular weight is 371 g/mol. The molecule has 0 unspecified atom stereocenters. The van der Waals surface area contributed by atoms with Crippen molar-refractivity contribution < 1.29 is 139 Å². The van der Waals surface area contributed by atoms with Crippen molar-refractivity contribution in [1.82, 2.24) is 0 Å². The minimum Gasteiger partial charge on any atom is 1.00 e. The number of hydrogen-bond acceptors (Lipinski definition) is 0. The summed E-state index contributed by atoms with van der Waals surface area (Å²) in [7, 11) is 0. The van der Waals surface area contributed by atoms with E-state index in [4.69, 9.17) is 0 Å². The maximum atomic E-state index is 9.94. The average Bonchev–Trinajstić information content (AvgIpc) is 0.592. The summed E-state index contributed by atoms with van der Waals surface area (Å²) in [6.45, 7) is 0. The van der Waals surface area contributed by atoms with Gasteiger partial charge in [-0.2, -0.15) is 0 Å². The first-order chi connectivity index (χ1) is 2.45. The van der Waals surface area contributed by atoms with Gasteiger partial charge in [0.25, 0.3) is 0 Å². The second-order valence-corrected chi connectivity index (χ2v) is 8.77. The topological polar surface area (TPSA) is 0 Å². The first-order valence-electron chi connectivity index (χ1n) is 1.13. The van der Waals surface area contributed by atoms with Gasteiger partial charge in [-0.05, 0) is 0 Å². The Morgan fingerprint density at radius 2 is 0.556 bits per heavy atom. The van der Waals surface area contributed by atoms with E-state index in [9.17, 15) is 16.0 Å². The molecular formula is F6HfK2. The Labute approximate surface area is 135 Å². The van der Waals surface area contributed by atoms with Crippen LogP contribution < -0.4 is 103 Å². The van der Waals surface area contributed by atoms with Gasteiger partial charge in [-0.1, -0.05) is 0 Å². The molecule has 9 heteroatoms. The van der Waals surface area contributed by atoms with Crippen LogP contribution in [-0.2, 0) is 20.7 Å². The second-order valence-electron chi connectivity index (χ2n) is 1.07. The molecule has 0 fully saturated rings. The van der Waals surface area contributed by atoms with E-state index in [-0.39, 0.29) is 103 Å². The summed E-state index contributed by atoms with van der Waals surface area (Å²) < 4.78 is 59.6. The molecule has 48 valence electrons. The zero-order valence-corrected chi connectivity index (χ0v) is 14.6. The second kappa shape index (κ2) is 3.85. The molecule has 0 heterocycles. The molecule has 0 aliphatic carbocycles. The van der Waals surface area contributed by atoms with Crippen molar-refractivity contribution >= 4 is 0 Å². The van der Waals surface area contributed by atoms with Crippen molar-refractivity contribution in [3.05, 3.63) is 0 Å². The van der Waals surface area contributed by atoms with Crippen LogP contribution in [0.25, 0.3) is 0 Å². The minimum absolute atomic E-state index is 0. The van der Waals surface area contributed by atoms with Crippen LogP contribution in [0.5, 0.6) is 0 Å². The van der Waals surface area contributed by atoms with E-state index in [1.54, 1.807) is 0 Å². The Hall–Kier alpha value is 3.72. The molecule has 0 amide bonds. The summed E-state index contributed by atoms with van der Waals surface area (Å²) >= 11 is -11.4. The van der Waals surface area contributed by atoms with Gasteiger partial charge in [0, 0.05) is 0 Å². The summed E-state index contributed by atoms with van der Waals surface area (Å²) in [5.41, 5.74) is 0. The smallest absolute Gasteiger partial charge is 1.00 e. The van der Waals surface area contributed by atoms with E-state index in [1.165, 1.54) is 0 Å². The van der Waals surface area contributed by atoms with Crippen molar-refractivity contribution in [1.29, 1.82) is 0 Å². The first-order valence-corrected chi connectivity index (χ1v) is 9.28. The van der Waals surface area contributed by atoms with Crippen LogP contribution in [0.15, 0.2) is 0 Å². The third kappa shape index (κ3) is 80.0. The molecule has 0 aliphatic heterocycles. The quantitative estimate of drug-likeness (QED) is 0.307. The van der Waals surface area contributed by atoms with E-state index in [0.29, 0.717) is 0 Å². The van der Waals surface area contributed by atoms with E-state index < -0.39 is 20.7 Å². The fraction of sp³-hybridized carbons (Fsp3) is 0. The van der Waals surface area contributed by atoms with Crippen molar-refractivity contribution in [2.75, 3.05) is 0 Å². The monoisotopic (exact) mass is 372 g/mol. The fourth-order valence-electron chi connectivity index (χ4n) is 0. The molecule has 0 spiro atoms. The molecule has 9 heavy (non-hydrogen) atoms. The number of rotatable bonds is 0. The predicted octanol–water partition coefficient (Wildman–Crippen LogP) is -3.47.